The standard InChI is InChI=1S/C16H14N8O/c1-10-9-11(2)24-16(19-10)21-13(22-24)15(25)20-12-5-3-6-17-14(12)23-8-4-7-18-23/h3-9H,1-2H3,(H,20,25). The predicted octanol–water partition coefficient (Wildman–Crippen LogP) is 1.57. The third-order valence-electron chi connectivity index (χ3n) is 3.58. The van der Waals surface area contributed by atoms with E-state index in [1.54, 1.807) is 46.0 Å². The SMILES string of the molecule is Cc1cc(C)n2nc(C(=O)Nc3cccnc3-n3cccn3)nc2n1. The molecule has 4 aromatic heterocycles. The molecule has 9 heteroatoms. The highest BCUT2D eigenvalue weighted by Gasteiger charge is 2.17. The van der Waals surface area contributed by atoms with Gasteiger partial charge in [0.2, 0.25) is 5.82 Å². The van der Waals surface area contributed by atoms with E-state index in [-0.39, 0.29) is 5.82 Å². The largest absolute Gasteiger partial charge is 0.316 e. The van der Waals surface area contributed by atoms with Crippen molar-refractivity contribution in [2.75, 3.05) is 5.32 Å². The van der Waals surface area contributed by atoms with Crippen molar-refractivity contribution in [3.05, 3.63) is 60.1 Å². The molecule has 1 amide bonds. The first-order chi connectivity index (χ1) is 12.1. The zero-order valence-corrected chi connectivity index (χ0v) is 13.6. The number of aryl methyl sites for hydroxylation is 2. The molecule has 0 atom stereocenters. The number of hydrogen-bond acceptors (Lipinski definition) is 6. The summed E-state index contributed by atoms with van der Waals surface area (Å²) in [7, 11) is 0. The summed E-state index contributed by atoms with van der Waals surface area (Å²) in [5, 5.41) is 11.2. The molecular weight excluding hydrogens is 320 g/mol. The summed E-state index contributed by atoms with van der Waals surface area (Å²) >= 11 is 0. The molecular formula is C16H14N8O. The molecule has 9 nitrogen and oxygen atoms in total. The number of carbonyl (C=O) groups excluding carboxylic acids is 1. The highest BCUT2D eigenvalue weighted by Crippen LogP contribution is 2.17. The monoisotopic (exact) mass is 334 g/mol. The van der Waals surface area contributed by atoms with Crippen LogP contribution < -0.4 is 5.32 Å². The van der Waals surface area contributed by atoms with Gasteiger partial charge in [0.1, 0.15) is 0 Å². The number of carbonyl (C=O) groups is 1. The van der Waals surface area contributed by atoms with E-state index in [0.29, 0.717) is 17.3 Å². The normalized spacial score (nSPS) is 11.0. The first kappa shape index (κ1) is 14.9. The number of aromatic nitrogens is 7. The molecule has 4 rings (SSSR count). The van der Waals surface area contributed by atoms with E-state index in [9.17, 15) is 4.79 Å². The molecule has 0 unspecified atom stereocenters. The molecule has 1 N–H and O–H groups in total. The molecule has 4 aromatic rings. The number of amides is 1. The molecule has 0 spiro atoms. The maximum atomic E-state index is 12.6. The Morgan fingerprint density at radius 3 is 2.84 bits per heavy atom. The van der Waals surface area contributed by atoms with Gasteiger partial charge in [-0.25, -0.2) is 19.2 Å². The van der Waals surface area contributed by atoms with Crippen LogP contribution in [-0.2, 0) is 0 Å². The fourth-order valence-electron chi connectivity index (χ4n) is 2.51. The predicted molar refractivity (Wildman–Crippen MR) is 89.6 cm³/mol. The maximum absolute atomic E-state index is 12.6. The second kappa shape index (κ2) is 5.78. The van der Waals surface area contributed by atoms with Crippen LogP contribution in [0, 0.1) is 13.8 Å². The molecule has 0 saturated heterocycles. The van der Waals surface area contributed by atoms with E-state index in [0.717, 1.165) is 11.4 Å². The van der Waals surface area contributed by atoms with Gasteiger partial charge in [-0.15, -0.1) is 5.10 Å². The number of pyridine rings is 1. The zero-order chi connectivity index (χ0) is 17.4. The molecule has 0 aromatic carbocycles. The number of nitrogens with zero attached hydrogens (tertiary/aromatic N) is 7. The lowest BCUT2D eigenvalue weighted by Gasteiger charge is -2.08. The van der Waals surface area contributed by atoms with Gasteiger partial charge < -0.3 is 5.32 Å². The average Bonchev–Trinajstić information content (AvgIpc) is 3.24. The van der Waals surface area contributed by atoms with Crippen LogP contribution >= 0.6 is 0 Å². The number of nitrogens with one attached hydrogen (secondary N) is 1. The van der Waals surface area contributed by atoms with Gasteiger partial charge in [0.15, 0.2) is 5.82 Å². The number of hydrogen-bond donors (Lipinski definition) is 1. The molecule has 124 valence electrons. The Hall–Kier alpha value is -3.62. The van der Waals surface area contributed by atoms with E-state index in [1.165, 1.54) is 0 Å². The topological polar surface area (TPSA) is 103 Å². The van der Waals surface area contributed by atoms with E-state index in [2.05, 4.69) is 30.5 Å². The highest BCUT2D eigenvalue weighted by atomic mass is 16.2. The lowest BCUT2D eigenvalue weighted by atomic mass is 10.3. The van der Waals surface area contributed by atoms with Crippen molar-refractivity contribution >= 4 is 17.4 Å². The van der Waals surface area contributed by atoms with Crippen LogP contribution in [0.2, 0.25) is 0 Å². The maximum Gasteiger partial charge on any atom is 0.295 e. The van der Waals surface area contributed by atoms with Crippen LogP contribution in [0.3, 0.4) is 0 Å². The lowest BCUT2D eigenvalue weighted by Crippen LogP contribution is -2.16. The quantitative estimate of drug-likeness (QED) is 0.610. The van der Waals surface area contributed by atoms with Crippen LogP contribution in [0.5, 0.6) is 0 Å². The van der Waals surface area contributed by atoms with Crippen LogP contribution in [0.1, 0.15) is 22.0 Å². The van der Waals surface area contributed by atoms with Gasteiger partial charge in [0.25, 0.3) is 11.7 Å². The Balaban J connectivity index is 1.69. The van der Waals surface area contributed by atoms with Crippen molar-refractivity contribution in [1.29, 1.82) is 0 Å². The zero-order valence-electron chi connectivity index (χ0n) is 13.6. The third kappa shape index (κ3) is 2.71. The molecule has 0 aliphatic carbocycles. The summed E-state index contributed by atoms with van der Waals surface area (Å²) in [6.07, 6.45) is 5.02. The van der Waals surface area contributed by atoms with Crippen LogP contribution in [0.15, 0.2) is 42.9 Å². The number of fused-ring (bicyclic) bond motifs is 1. The minimum absolute atomic E-state index is 0.0384. The second-order valence-corrected chi connectivity index (χ2v) is 5.47. The van der Waals surface area contributed by atoms with Gasteiger partial charge >= 0.3 is 0 Å². The minimum atomic E-state index is -0.441. The average molecular weight is 334 g/mol. The molecule has 0 aliphatic heterocycles. The van der Waals surface area contributed by atoms with Gasteiger partial charge in [-0.05, 0) is 38.1 Å². The Labute approximate surface area is 142 Å². The minimum Gasteiger partial charge on any atom is -0.316 e. The van der Waals surface area contributed by atoms with Crippen molar-refractivity contribution in [3.63, 3.8) is 0 Å². The van der Waals surface area contributed by atoms with Gasteiger partial charge in [-0.3, -0.25) is 4.79 Å². The number of rotatable bonds is 3. The number of anilines is 1. The fraction of sp³-hybridized carbons (Fsp3) is 0.125. The van der Waals surface area contributed by atoms with Crippen LogP contribution in [0.25, 0.3) is 11.6 Å². The summed E-state index contributed by atoms with van der Waals surface area (Å²) in [4.78, 5) is 25.3. The third-order valence-corrected chi connectivity index (χ3v) is 3.58. The molecule has 0 fully saturated rings. The summed E-state index contributed by atoms with van der Waals surface area (Å²) in [6, 6.07) is 7.13. The second-order valence-electron chi connectivity index (χ2n) is 5.47. The van der Waals surface area contributed by atoms with Gasteiger partial charge in [-0.1, -0.05) is 0 Å². The highest BCUT2D eigenvalue weighted by molar-refractivity contribution is 6.02. The fourth-order valence-corrected chi connectivity index (χ4v) is 2.51. The Kier molecular flexibility index (Phi) is 3.46. The van der Waals surface area contributed by atoms with Gasteiger partial charge in [0, 0.05) is 30.0 Å². The summed E-state index contributed by atoms with van der Waals surface area (Å²) in [5.41, 5.74) is 2.18. The smallest absolute Gasteiger partial charge is 0.295 e. The van der Waals surface area contributed by atoms with Crippen molar-refractivity contribution in [2.45, 2.75) is 13.8 Å². The summed E-state index contributed by atoms with van der Waals surface area (Å²) in [6.45, 7) is 3.75. The molecule has 25 heavy (non-hydrogen) atoms. The molecule has 0 radical (unpaired) electrons. The van der Waals surface area contributed by atoms with Crippen LogP contribution in [-0.4, -0.2) is 40.3 Å². The van der Waals surface area contributed by atoms with Crippen LogP contribution in [0.4, 0.5) is 5.69 Å². The van der Waals surface area contributed by atoms with E-state index < -0.39 is 5.91 Å². The van der Waals surface area contributed by atoms with E-state index >= 15 is 0 Å². The van der Waals surface area contributed by atoms with Crippen molar-refractivity contribution in [2.24, 2.45) is 0 Å². The first-order valence-corrected chi connectivity index (χ1v) is 7.59. The summed E-state index contributed by atoms with van der Waals surface area (Å²) < 4.78 is 3.11. The lowest BCUT2D eigenvalue weighted by molar-refractivity contribution is 0.101. The summed E-state index contributed by atoms with van der Waals surface area (Å²) in [5.74, 6) is 0.497. The Morgan fingerprint density at radius 2 is 2.04 bits per heavy atom. The molecule has 0 saturated carbocycles. The van der Waals surface area contributed by atoms with Crippen molar-refractivity contribution in [1.82, 2.24) is 34.3 Å². The Morgan fingerprint density at radius 1 is 1.16 bits per heavy atom. The van der Waals surface area contributed by atoms with Crippen molar-refractivity contribution in [3.8, 4) is 5.82 Å². The molecule has 0 aliphatic rings. The van der Waals surface area contributed by atoms with Gasteiger partial charge in [0.05, 0.1) is 5.69 Å². The van der Waals surface area contributed by atoms with E-state index in [1.807, 2.05) is 19.9 Å². The van der Waals surface area contributed by atoms with Gasteiger partial charge in [-0.2, -0.15) is 10.1 Å². The van der Waals surface area contributed by atoms with Crippen molar-refractivity contribution < 1.29 is 4.79 Å². The Bertz CT molecular complexity index is 1070. The van der Waals surface area contributed by atoms with E-state index in [4.69, 9.17) is 0 Å². The molecule has 0 bridgehead atoms. The molecule has 4 heterocycles. The first-order valence-electron chi connectivity index (χ1n) is 7.59.